The maximum Gasteiger partial charge on any atom is 0.334 e. The van der Waals surface area contributed by atoms with Crippen molar-refractivity contribution in [1.82, 2.24) is 0 Å². The molecule has 0 aromatic carbocycles. The van der Waals surface area contributed by atoms with Crippen LogP contribution in [0.2, 0.25) is 0 Å². The molecule has 3 nitrogen and oxygen atoms in total. The zero-order valence-corrected chi connectivity index (χ0v) is 6.01. The number of hydrogen-bond donors (Lipinski definition) is 0. The van der Waals surface area contributed by atoms with Gasteiger partial charge in [-0.15, -0.1) is 0 Å². The van der Waals surface area contributed by atoms with E-state index in [-0.39, 0.29) is 13.4 Å². The molecule has 62 valence electrons. The van der Waals surface area contributed by atoms with Crippen LogP contribution in [0.5, 0.6) is 0 Å². The van der Waals surface area contributed by atoms with E-state index in [0.717, 1.165) is 0 Å². The molecule has 0 saturated carbocycles. The van der Waals surface area contributed by atoms with E-state index in [1.807, 2.05) is 0 Å². The van der Waals surface area contributed by atoms with Crippen LogP contribution >= 0.6 is 0 Å². The lowest BCUT2D eigenvalue weighted by molar-refractivity contribution is -0.153. The highest BCUT2D eigenvalue weighted by molar-refractivity contribution is 5.74. The third-order valence-electron chi connectivity index (χ3n) is 0.972. The Bertz CT molecular complexity index is 90.9. The van der Waals surface area contributed by atoms with E-state index in [1.165, 1.54) is 7.11 Å². The van der Waals surface area contributed by atoms with Crippen LogP contribution in [0.15, 0.2) is 0 Å². The number of rotatable bonds is 3. The fourth-order valence-electron chi connectivity index (χ4n) is 0.356. The zero-order chi connectivity index (χ0) is 7.28. The third kappa shape index (κ3) is 4.32. The van der Waals surface area contributed by atoms with E-state index in [0.29, 0.717) is 6.61 Å². The van der Waals surface area contributed by atoms with Crippen molar-refractivity contribution in [2.24, 2.45) is 0 Å². The fourth-order valence-corrected chi connectivity index (χ4v) is 0.356. The highest BCUT2D eigenvalue weighted by Gasteiger charge is 2.10. The van der Waals surface area contributed by atoms with Gasteiger partial charge in [0.25, 0.3) is 0 Å². The van der Waals surface area contributed by atoms with E-state index >= 15 is 0 Å². The molecular weight excluding hydrogens is 132 g/mol. The van der Waals surface area contributed by atoms with Gasteiger partial charge in [0.1, 0.15) is 0 Å². The summed E-state index contributed by atoms with van der Waals surface area (Å²) in [6.45, 7) is 3.82. The molecule has 0 amide bonds. The van der Waals surface area contributed by atoms with Gasteiger partial charge in [0.15, 0.2) is 6.10 Å². The molecule has 0 bridgehead atoms. The van der Waals surface area contributed by atoms with Crippen molar-refractivity contribution in [2.45, 2.75) is 27.4 Å². The van der Waals surface area contributed by atoms with Crippen molar-refractivity contribution in [1.29, 1.82) is 0 Å². The molecule has 0 fully saturated rings. The van der Waals surface area contributed by atoms with E-state index in [2.05, 4.69) is 9.47 Å². The molecule has 1 unspecified atom stereocenters. The molecule has 10 heavy (non-hydrogen) atoms. The Morgan fingerprint density at radius 3 is 2.40 bits per heavy atom. The number of carbonyl (C=O) groups is 1. The number of carbonyl (C=O) groups excluding carboxylic acids is 1. The van der Waals surface area contributed by atoms with Crippen LogP contribution in [-0.4, -0.2) is 25.8 Å². The van der Waals surface area contributed by atoms with Gasteiger partial charge >= 0.3 is 5.97 Å². The van der Waals surface area contributed by atoms with Crippen molar-refractivity contribution in [3.05, 3.63) is 0 Å². The predicted octanol–water partition coefficient (Wildman–Crippen LogP) is 1.22. The molecule has 0 aromatic rings. The summed E-state index contributed by atoms with van der Waals surface area (Å²) < 4.78 is 9.32. The lowest BCUT2D eigenvalue weighted by Gasteiger charge is -2.06. The molecule has 0 aliphatic heterocycles. The van der Waals surface area contributed by atoms with Gasteiger partial charge < -0.3 is 9.47 Å². The van der Waals surface area contributed by atoms with Crippen LogP contribution in [0.1, 0.15) is 21.3 Å². The molecule has 0 aliphatic carbocycles. The van der Waals surface area contributed by atoms with Crippen molar-refractivity contribution < 1.29 is 14.3 Å². The molecule has 0 aromatic heterocycles. The molecule has 0 radical (unpaired) electrons. The Morgan fingerprint density at radius 1 is 1.60 bits per heavy atom. The van der Waals surface area contributed by atoms with Crippen LogP contribution in [0.25, 0.3) is 0 Å². The SMILES string of the molecule is C.CCOC(=O)C(C)OC. The second-order valence-corrected chi connectivity index (χ2v) is 1.63. The predicted molar refractivity (Wildman–Crippen MR) is 39.8 cm³/mol. The number of hydrogen-bond acceptors (Lipinski definition) is 3. The highest BCUT2D eigenvalue weighted by Crippen LogP contribution is 1.90. The van der Waals surface area contributed by atoms with Gasteiger partial charge in [-0.25, -0.2) is 4.79 Å². The maximum absolute atomic E-state index is 10.6. The second-order valence-electron chi connectivity index (χ2n) is 1.63. The standard InChI is InChI=1S/C6H12O3.CH4/c1-4-9-6(7)5(2)8-3;/h5H,4H2,1-3H3;1H4. The Morgan fingerprint density at radius 2 is 2.10 bits per heavy atom. The molecule has 0 aliphatic rings. The van der Waals surface area contributed by atoms with E-state index < -0.39 is 6.10 Å². The first-order valence-electron chi connectivity index (χ1n) is 2.91. The molecule has 0 heterocycles. The minimum Gasteiger partial charge on any atom is -0.464 e. The summed E-state index contributed by atoms with van der Waals surface area (Å²) in [5.74, 6) is -0.306. The van der Waals surface area contributed by atoms with Gasteiger partial charge in [-0.05, 0) is 13.8 Å². The average molecular weight is 148 g/mol. The van der Waals surface area contributed by atoms with Gasteiger partial charge in [0.05, 0.1) is 6.61 Å². The quantitative estimate of drug-likeness (QED) is 0.564. The molecule has 3 heteroatoms. The van der Waals surface area contributed by atoms with E-state index in [9.17, 15) is 4.79 Å². The van der Waals surface area contributed by atoms with Crippen LogP contribution in [-0.2, 0) is 14.3 Å². The molecule has 0 spiro atoms. The summed E-state index contributed by atoms with van der Waals surface area (Å²) in [6, 6.07) is 0. The van der Waals surface area contributed by atoms with Crippen molar-refractivity contribution in [3.63, 3.8) is 0 Å². The molecular formula is C7H16O3. The summed E-state index contributed by atoms with van der Waals surface area (Å²) in [4.78, 5) is 10.6. The summed E-state index contributed by atoms with van der Waals surface area (Å²) in [7, 11) is 1.47. The van der Waals surface area contributed by atoms with Crippen molar-refractivity contribution in [2.75, 3.05) is 13.7 Å². The van der Waals surface area contributed by atoms with Gasteiger partial charge in [0.2, 0.25) is 0 Å². The minimum absolute atomic E-state index is 0. The van der Waals surface area contributed by atoms with E-state index in [4.69, 9.17) is 0 Å². The Balaban J connectivity index is 0. The van der Waals surface area contributed by atoms with Crippen LogP contribution in [0.3, 0.4) is 0 Å². The number of ether oxygens (including phenoxy) is 2. The molecule has 1 atom stereocenters. The first kappa shape index (κ1) is 12.1. The summed E-state index contributed by atoms with van der Waals surface area (Å²) in [5.41, 5.74) is 0. The third-order valence-corrected chi connectivity index (χ3v) is 0.972. The monoisotopic (exact) mass is 148 g/mol. The van der Waals surface area contributed by atoms with Crippen LogP contribution < -0.4 is 0 Å². The van der Waals surface area contributed by atoms with Crippen LogP contribution in [0, 0.1) is 0 Å². The van der Waals surface area contributed by atoms with Crippen molar-refractivity contribution >= 4 is 5.97 Å². The molecule has 0 saturated heterocycles. The topological polar surface area (TPSA) is 35.5 Å². The first-order chi connectivity index (χ1) is 4.22. The minimum atomic E-state index is -0.440. The summed E-state index contributed by atoms with van der Waals surface area (Å²) >= 11 is 0. The zero-order valence-electron chi connectivity index (χ0n) is 6.01. The fraction of sp³-hybridized carbons (Fsp3) is 0.857. The van der Waals surface area contributed by atoms with Crippen molar-refractivity contribution in [3.8, 4) is 0 Å². The highest BCUT2D eigenvalue weighted by atomic mass is 16.6. The first-order valence-corrected chi connectivity index (χ1v) is 2.91. The van der Waals surface area contributed by atoms with E-state index in [1.54, 1.807) is 13.8 Å². The number of methoxy groups -OCH3 is 1. The Kier molecular flexibility index (Phi) is 7.95. The average Bonchev–Trinajstić information content (AvgIpc) is 1.87. The van der Waals surface area contributed by atoms with Gasteiger partial charge in [0, 0.05) is 7.11 Å². The number of esters is 1. The maximum atomic E-state index is 10.6. The lowest BCUT2D eigenvalue weighted by atomic mass is 10.4. The van der Waals surface area contributed by atoms with Gasteiger partial charge in [-0.3, -0.25) is 0 Å². The van der Waals surface area contributed by atoms with Gasteiger partial charge in [-0.2, -0.15) is 0 Å². The largest absolute Gasteiger partial charge is 0.464 e. The van der Waals surface area contributed by atoms with Gasteiger partial charge in [-0.1, -0.05) is 7.43 Å². The Labute approximate surface area is 62.3 Å². The van der Waals surface area contributed by atoms with Crippen LogP contribution in [0.4, 0.5) is 0 Å². The lowest BCUT2D eigenvalue weighted by Crippen LogP contribution is -2.21. The normalized spacial score (nSPS) is 11.5. The summed E-state index contributed by atoms with van der Waals surface area (Å²) in [6.07, 6.45) is -0.440. The smallest absolute Gasteiger partial charge is 0.334 e. The molecule has 0 N–H and O–H groups in total. The second kappa shape index (κ2) is 6.55. The molecule has 0 rings (SSSR count). The summed E-state index contributed by atoms with van der Waals surface area (Å²) in [5, 5.41) is 0. The Hall–Kier alpha value is -0.570.